The Morgan fingerprint density at radius 1 is 0.911 bits per heavy atom. The Balaban J connectivity index is 1.32. The lowest BCUT2D eigenvalue weighted by Crippen LogP contribution is -2.28. The molecule has 13 heteroatoms. The van der Waals surface area contributed by atoms with Gasteiger partial charge in [0.05, 0.1) is 23.2 Å². The molecule has 2 amide bonds. The Labute approximate surface area is 262 Å². The fraction of sp³-hybridized carbons (Fsp3) is 0.219. The van der Waals surface area contributed by atoms with Crippen LogP contribution in [0.1, 0.15) is 37.6 Å². The van der Waals surface area contributed by atoms with Crippen LogP contribution in [0.5, 0.6) is 0 Å². The summed E-state index contributed by atoms with van der Waals surface area (Å²) >= 11 is 1.56. The summed E-state index contributed by atoms with van der Waals surface area (Å²) in [6.45, 7) is 1.58. The number of aromatic nitrogens is 3. The van der Waals surface area contributed by atoms with Gasteiger partial charge >= 0.3 is 0 Å². The van der Waals surface area contributed by atoms with E-state index in [0.717, 1.165) is 51.3 Å². The van der Waals surface area contributed by atoms with E-state index in [2.05, 4.69) is 30.9 Å². The van der Waals surface area contributed by atoms with Gasteiger partial charge in [-0.1, -0.05) is 12.1 Å². The first-order chi connectivity index (χ1) is 21.7. The number of fused-ring (bicyclic) bond motifs is 1. The highest BCUT2D eigenvalue weighted by atomic mass is 32.1. The fourth-order valence-electron chi connectivity index (χ4n) is 4.56. The molecule has 0 spiro atoms. The van der Waals surface area contributed by atoms with E-state index in [1.165, 1.54) is 24.7 Å². The Morgan fingerprint density at radius 3 is 2.56 bits per heavy atom. The molecule has 5 rings (SSSR count). The number of nitrogens with two attached hydrogens (primary N) is 1. The number of carbonyl (C=O) groups is 2. The number of carbonyl (C=O) groups excluding carboxylic acids is 2. The van der Waals surface area contributed by atoms with Gasteiger partial charge in [-0.3, -0.25) is 9.59 Å². The van der Waals surface area contributed by atoms with E-state index in [0.29, 0.717) is 24.5 Å². The number of amides is 2. The molecule has 3 heterocycles. The summed E-state index contributed by atoms with van der Waals surface area (Å²) < 4.78 is 27.1. The number of nitrogens with one attached hydrogen (secondary N) is 3. The van der Waals surface area contributed by atoms with Crippen LogP contribution >= 0.6 is 11.3 Å². The fourth-order valence-corrected chi connectivity index (χ4v) is 5.50. The molecule has 0 bridgehead atoms. The molecule has 0 radical (unpaired) electrons. The maximum atomic E-state index is 13.7. The van der Waals surface area contributed by atoms with Crippen molar-refractivity contribution in [2.75, 3.05) is 38.2 Å². The number of pyridine rings is 1. The van der Waals surface area contributed by atoms with Crippen molar-refractivity contribution in [1.82, 2.24) is 30.5 Å². The summed E-state index contributed by atoms with van der Waals surface area (Å²) in [5.74, 6) is -2.18. The van der Waals surface area contributed by atoms with Gasteiger partial charge in [0.2, 0.25) is 0 Å². The summed E-state index contributed by atoms with van der Waals surface area (Å²) in [5.41, 5.74) is 8.52. The van der Waals surface area contributed by atoms with E-state index in [-0.39, 0.29) is 29.4 Å². The maximum absolute atomic E-state index is 13.7. The van der Waals surface area contributed by atoms with E-state index < -0.39 is 17.5 Å². The third-order valence-electron chi connectivity index (χ3n) is 6.94. The highest BCUT2D eigenvalue weighted by Crippen LogP contribution is 2.31. The highest BCUT2D eigenvalue weighted by molar-refractivity contribution is 7.15. The molecule has 0 aliphatic heterocycles. The number of nitrogen functional groups attached to an aromatic ring is 1. The summed E-state index contributed by atoms with van der Waals surface area (Å²) in [4.78, 5) is 42.9. The van der Waals surface area contributed by atoms with Gasteiger partial charge in [-0.05, 0) is 80.7 Å². The first-order valence-corrected chi connectivity index (χ1v) is 15.0. The largest absolute Gasteiger partial charge is 0.383 e. The Kier molecular flexibility index (Phi) is 9.90. The number of hydrogen-bond donors (Lipinski definition) is 4. The minimum Gasteiger partial charge on any atom is -0.383 e. The second-order valence-corrected chi connectivity index (χ2v) is 11.7. The van der Waals surface area contributed by atoms with Gasteiger partial charge < -0.3 is 26.6 Å². The molecule has 0 saturated heterocycles. The van der Waals surface area contributed by atoms with Crippen LogP contribution in [-0.2, 0) is 13.1 Å². The second kappa shape index (κ2) is 14.2. The number of thiophene rings is 1. The zero-order valence-corrected chi connectivity index (χ0v) is 25.5. The van der Waals surface area contributed by atoms with Gasteiger partial charge in [0.1, 0.15) is 18.0 Å². The molecule has 232 valence electrons. The molecular formula is C32H32F2N8O2S. The molecule has 2 aromatic carbocycles. The zero-order chi connectivity index (χ0) is 31.9. The lowest BCUT2D eigenvalue weighted by atomic mass is 10.1. The zero-order valence-electron chi connectivity index (χ0n) is 24.7. The molecule has 10 nitrogen and oxygen atoms in total. The molecule has 5 aromatic rings. The van der Waals surface area contributed by atoms with E-state index >= 15 is 0 Å². The number of halogens is 2. The number of anilines is 2. The average molecular weight is 631 g/mol. The number of hydrogen-bond acceptors (Lipinski definition) is 9. The Hall–Kier alpha value is -5.01. The van der Waals surface area contributed by atoms with E-state index in [4.69, 9.17) is 5.73 Å². The van der Waals surface area contributed by atoms with Gasteiger partial charge in [0, 0.05) is 34.4 Å². The number of benzene rings is 2. The van der Waals surface area contributed by atoms with Gasteiger partial charge in [0.25, 0.3) is 11.8 Å². The van der Waals surface area contributed by atoms with Crippen LogP contribution in [0.4, 0.5) is 20.4 Å². The minimum atomic E-state index is -1.01. The van der Waals surface area contributed by atoms with Crippen molar-refractivity contribution in [1.29, 1.82) is 0 Å². The van der Waals surface area contributed by atoms with Gasteiger partial charge in [-0.2, -0.15) is 0 Å². The molecule has 0 fully saturated rings. The predicted molar refractivity (Wildman–Crippen MR) is 172 cm³/mol. The van der Waals surface area contributed by atoms with Crippen LogP contribution in [0.3, 0.4) is 0 Å². The van der Waals surface area contributed by atoms with Crippen molar-refractivity contribution in [3.8, 4) is 10.4 Å². The van der Waals surface area contributed by atoms with E-state index in [9.17, 15) is 18.4 Å². The van der Waals surface area contributed by atoms with Gasteiger partial charge in [-0.25, -0.2) is 23.7 Å². The van der Waals surface area contributed by atoms with Gasteiger partial charge in [0.15, 0.2) is 11.6 Å². The summed E-state index contributed by atoms with van der Waals surface area (Å²) in [6.07, 6.45) is 3.61. The van der Waals surface area contributed by atoms with Crippen molar-refractivity contribution in [2.45, 2.75) is 19.5 Å². The normalized spacial score (nSPS) is 11.1. The molecule has 3 aromatic heterocycles. The van der Waals surface area contributed by atoms with Crippen LogP contribution < -0.4 is 21.7 Å². The standard InChI is InChI=1S/C32H32F2N8O2S/c1-42(2)11-3-10-36-31(43)21-14-24(32(44)39-15-19-4-7-25(33)26(34)12-19)30(37-16-21)38-17-22-6-9-28(45-22)20-5-8-27-23(13-20)29(35)41-18-40-27/h4-9,12-14,16,18H,3,10-11,15,17H2,1-2H3,(H,36,43)(H,37,38)(H,39,44)(H2,35,40,41). The lowest BCUT2D eigenvalue weighted by molar-refractivity contribution is 0.0951. The Morgan fingerprint density at radius 2 is 1.76 bits per heavy atom. The van der Waals surface area contributed by atoms with Crippen LogP contribution in [0, 0.1) is 11.6 Å². The van der Waals surface area contributed by atoms with E-state index in [1.54, 1.807) is 11.3 Å². The van der Waals surface area contributed by atoms with Crippen molar-refractivity contribution in [2.24, 2.45) is 0 Å². The molecule has 0 aliphatic carbocycles. The first kappa shape index (κ1) is 31.4. The van der Waals surface area contributed by atoms with Gasteiger partial charge in [-0.15, -0.1) is 11.3 Å². The van der Waals surface area contributed by atoms with Crippen LogP contribution in [0.15, 0.2) is 67.1 Å². The summed E-state index contributed by atoms with van der Waals surface area (Å²) in [6, 6.07) is 14.7. The molecule has 5 N–H and O–H groups in total. The maximum Gasteiger partial charge on any atom is 0.255 e. The van der Waals surface area contributed by atoms with Crippen LogP contribution in [-0.4, -0.2) is 58.9 Å². The number of rotatable bonds is 12. The summed E-state index contributed by atoms with van der Waals surface area (Å²) in [5, 5.41) is 9.55. The molecule has 0 atom stereocenters. The van der Waals surface area contributed by atoms with Crippen LogP contribution in [0.2, 0.25) is 0 Å². The van der Waals surface area contributed by atoms with Crippen molar-refractivity contribution < 1.29 is 18.4 Å². The second-order valence-electron chi connectivity index (χ2n) is 10.6. The molecule has 0 saturated carbocycles. The van der Waals surface area contributed by atoms with Crippen LogP contribution in [0.25, 0.3) is 21.3 Å². The Bertz CT molecular complexity index is 1850. The quantitative estimate of drug-likeness (QED) is 0.144. The molecular weight excluding hydrogens is 598 g/mol. The van der Waals surface area contributed by atoms with Crippen molar-refractivity contribution in [3.63, 3.8) is 0 Å². The topological polar surface area (TPSA) is 138 Å². The monoisotopic (exact) mass is 630 g/mol. The third-order valence-corrected chi connectivity index (χ3v) is 8.08. The number of nitrogens with zero attached hydrogens (tertiary/aromatic N) is 4. The molecule has 0 unspecified atom stereocenters. The van der Waals surface area contributed by atoms with E-state index in [1.807, 2.05) is 49.3 Å². The van der Waals surface area contributed by atoms with Crippen molar-refractivity contribution >= 4 is 45.7 Å². The first-order valence-electron chi connectivity index (χ1n) is 14.2. The summed E-state index contributed by atoms with van der Waals surface area (Å²) in [7, 11) is 3.91. The SMILES string of the molecule is CN(C)CCCNC(=O)c1cnc(NCc2ccc(-c3ccc4ncnc(N)c4c3)s2)c(C(=O)NCc2ccc(F)c(F)c2)c1. The smallest absolute Gasteiger partial charge is 0.255 e. The predicted octanol–water partition coefficient (Wildman–Crippen LogP) is 4.84. The van der Waals surface area contributed by atoms with Crippen molar-refractivity contribution in [3.05, 3.63) is 100 Å². The minimum absolute atomic E-state index is 0.0496. The highest BCUT2D eigenvalue weighted by Gasteiger charge is 2.18. The molecule has 45 heavy (non-hydrogen) atoms. The average Bonchev–Trinajstić information content (AvgIpc) is 3.51. The lowest BCUT2D eigenvalue weighted by Gasteiger charge is -2.14. The molecule has 0 aliphatic rings. The third kappa shape index (κ3) is 7.94.